The fraction of sp³-hybridized carbons (Fsp3) is 0.333. The summed E-state index contributed by atoms with van der Waals surface area (Å²) in [5.41, 5.74) is 0. The van der Waals surface area contributed by atoms with Crippen molar-refractivity contribution in [2.75, 3.05) is 7.05 Å². The Morgan fingerprint density at radius 3 is 2.67 bits per heavy atom. The molecule has 1 rings (SSSR count). The van der Waals surface area contributed by atoms with Crippen molar-refractivity contribution >= 4 is 35.8 Å². The highest BCUT2D eigenvalue weighted by atomic mass is 32.1. The standard InChI is InChI=1S/C9H12N2O2S2/c1-5(8(12)10-2)11-9(13)7-3-6(14)4-15-7/h3-5,14H,1-2H3,(H,10,12)(H,11,13). The second-order valence-electron chi connectivity index (χ2n) is 2.98. The maximum Gasteiger partial charge on any atom is 0.262 e. The van der Waals surface area contributed by atoms with Gasteiger partial charge in [0.15, 0.2) is 0 Å². The Balaban J connectivity index is 2.60. The molecule has 0 aromatic carbocycles. The first-order valence-electron chi connectivity index (χ1n) is 4.34. The van der Waals surface area contributed by atoms with Crippen LogP contribution in [0.25, 0.3) is 0 Å². The molecule has 0 aliphatic heterocycles. The molecule has 4 nitrogen and oxygen atoms in total. The molecule has 2 N–H and O–H groups in total. The summed E-state index contributed by atoms with van der Waals surface area (Å²) in [6, 6.07) is 1.13. The van der Waals surface area contributed by atoms with E-state index >= 15 is 0 Å². The van der Waals surface area contributed by atoms with E-state index in [1.54, 1.807) is 18.4 Å². The van der Waals surface area contributed by atoms with E-state index in [9.17, 15) is 9.59 Å². The molecule has 15 heavy (non-hydrogen) atoms. The van der Waals surface area contributed by atoms with Crippen LogP contribution in [0.3, 0.4) is 0 Å². The van der Waals surface area contributed by atoms with Crippen molar-refractivity contribution in [3.05, 3.63) is 16.3 Å². The van der Waals surface area contributed by atoms with Crippen molar-refractivity contribution in [1.29, 1.82) is 0 Å². The van der Waals surface area contributed by atoms with Gasteiger partial charge in [0.2, 0.25) is 5.91 Å². The Bertz CT molecular complexity index is 376. The van der Waals surface area contributed by atoms with Crippen LogP contribution < -0.4 is 10.6 Å². The summed E-state index contributed by atoms with van der Waals surface area (Å²) in [5, 5.41) is 6.81. The number of rotatable bonds is 3. The van der Waals surface area contributed by atoms with E-state index in [0.717, 1.165) is 4.90 Å². The van der Waals surface area contributed by atoms with Gasteiger partial charge < -0.3 is 10.6 Å². The highest BCUT2D eigenvalue weighted by molar-refractivity contribution is 7.80. The predicted molar refractivity (Wildman–Crippen MR) is 62.6 cm³/mol. The van der Waals surface area contributed by atoms with Crippen LogP contribution in [0.5, 0.6) is 0 Å². The van der Waals surface area contributed by atoms with Crippen LogP contribution in [0.15, 0.2) is 16.3 Å². The zero-order valence-electron chi connectivity index (χ0n) is 8.40. The number of thiophene rings is 1. The van der Waals surface area contributed by atoms with Crippen molar-refractivity contribution in [3.63, 3.8) is 0 Å². The SMILES string of the molecule is CNC(=O)C(C)NC(=O)c1cc(S)cs1. The number of hydrogen-bond donors (Lipinski definition) is 3. The van der Waals surface area contributed by atoms with Crippen LogP contribution >= 0.6 is 24.0 Å². The van der Waals surface area contributed by atoms with Gasteiger partial charge in [0.25, 0.3) is 5.91 Å². The van der Waals surface area contributed by atoms with Crippen molar-refractivity contribution in [1.82, 2.24) is 10.6 Å². The van der Waals surface area contributed by atoms with Gasteiger partial charge >= 0.3 is 0 Å². The van der Waals surface area contributed by atoms with E-state index < -0.39 is 6.04 Å². The quantitative estimate of drug-likeness (QED) is 0.692. The van der Waals surface area contributed by atoms with Crippen LogP contribution in [0.4, 0.5) is 0 Å². The van der Waals surface area contributed by atoms with Crippen LogP contribution in [0.1, 0.15) is 16.6 Å². The molecule has 1 atom stereocenters. The average molecular weight is 244 g/mol. The smallest absolute Gasteiger partial charge is 0.262 e. The molecule has 82 valence electrons. The number of carbonyl (C=O) groups is 2. The second kappa shape index (κ2) is 5.18. The first-order valence-corrected chi connectivity index (χ1v) is 5.67. The molecule has 6 heteroatoms. The molecule has 0 aliphatic rings. The van der Waals surface area contributed by atoms with Gasteiger partial charge in [-0.15, -0.1) is 24.0 Å². The molecule has 1 heterocycles. The second-order valence-corrected chi connectivity index (χ2v) is 4.41. The van der Waals surface area contributed by atoms with Gasteiger partial charge in [0.05, 0.1) is 4.88 Å². The summed E-state index contributed by atoms with van der Waals surface area (Å²) in [6.45, 7) is 1.63. The lowest BCUT2D eigenvalue weighted by atomic mass is 10.3. The van der Waals surface area contributed by atoms with Gasteiger partial charge in [0.1, 0.15) is 6.04 Å². The third-order valence-corrected chi connectivity index (χ3v) is 3.16. The van der Waals surface area contributed by atoms with Crippen LogP contribution in [-0.4, -0.2) is 24.9 Å². The Hall–Kier alpha value is -1.01. The lowest BCUT2D eigenvalue weighted by Gasteiger charge is -2.10. The normalized spacial score (nSPS) is 11.9. The highest BCUT2D eigenvalue weighted by Gasteiger charge is 2.15. The Morgan fingerprint density at radius 2 is 2.20 bits per heavy atom. The maximum absolute atomic E-state index is 11.6. The molecule has 1 aromatic heterocycles. The van der Waals surface area contributed by atoms with Crippen molar-refractivity contribution in [2.24, 2.45) is 0 Å². The molecule has 0 fully saturated rings. The van der Waals surface area contributed by atoms with Crippen molar-refractivity contribution in [3.8, 4) is 0 Å². The number of likely N-dealkylation sites (N-methyl/N-ethyl adjacent to an activating group) is 1. The first kappa shape index (κ1) is 12.1. The summed E-state index contributed by atoms with van der Waals surface area (Å²) in [4.78, 5) is 24.0. The molecule has 0 radical (unpaired) electrons. The molecule has 0 saturated carbocycles. The zero-order chi connectivity index (χ0) is 11.4. The van der Waals surface area contributed by atoms with E-state index in [4.69, 9.17) is 0 Å². The summed E-state index contributed by atoms with van der Waals surface area (Å²) in [7, 11) is 1.53. The molecule has 1 aromatic rings. The van der Waals surface area contributed by atoms with Crippen molar-refractivity contribution < 1.29 is 9.59 Å². The molecule has 1 unspecified atom stereocenters. The number of nitrogens with one attached hydrogen (secondary N) is 2. The largest absolute Gasteiger partial charge is 0.357 e. The third-order valence-electron chi connectivity index (χ3n) is 1.80. The monoisotopic (exact) mass is 244 g/mol. The van der Waals surface area contributed by atoms with E-state index in [2.05, 4.69) is 23.3 Å². The van der Waals surface area contributed by atoms with Gasteiger partial charge in [-0.05, 0) is 13.0 Å². The molecule has 2 amide bonds. The molecule has 0 saturated heterocycles. The van der Waals surface area contributed by atoms with Gasteiger partial charge in [0, 0.05) is 17.3 Å². The van der Waals surface area contributed by atoms with E-state index in [1.165, 1.54) is 18.4 Å². The lowest BCUT2D eigenvalue weighted by molar-refractivity contribution is -0.122. The van der Waals surface area contributed by atoms with Gasteiger partial charge in [-0.1, -0.05) is 0 Å². The zero-order valence-corrected chi connectivity index (χ0v) is 10.1. The molecule has 0 spiro atoms. The highest BCUT2D eigenvalue weighted by Crippen LogP contribution is 2.17. The summed E-state index contributed by atoms with van der Waals surface area (Å²) >= 11 is 5.40. The molecular weight excluding hydrogens is 232 g/mol. The van der Waals surface area contributed by atoms with Crippen LogP contribution in [0.2, 0.25) is 0 Å². The third kappa shape index (κ3) is 3.24. The topological polar surface area (TPSA) is 58.2 Å². The van der Waals surface area contributed by atoms with E-state index in [0.29, 0.717) is 4.88 Å². The fourth-order valence-corrected chi connectivity index (χ4v) is 2.05. The number of thiol groups is 1. The average Bonchev–Trinajstić information content (AvgIpc) is 2.63. The van der Waals surface area contributed by atoms with Crippen LogP contribution in [0, 0.1) is 0 Å². The van der Waals surface area contributed by atoms with E-state index in [-0.39, 0.29) is 11.8 Å². The summed E-state index contributed by atoms with van der Waals surface area (Å²) < 4.78 is 0. The Labute approximate surface area is 97.5 Å². The minimum atomic E-state index is -0.534. The summed E-state index contributed by atoms with van der Waals surface area (Å²) in [6.07, 6.45) is 0. The van der Waals surface area contributed by atoms with Gasteiger partial charge in [-0.25, -0.2) is 0 Å². The molecule has 0 bridgehead atoms. The van der Waals surface area contributed by atoms with Crippen LogP contribution in [-0.2, 0) is 4.79 Å². The molecular formula is C9H12N2O2S2. The minimum Gasteiger partial charge on any atom is -0.357 e. The van der Waals surface area contributed by atoms with E-state index in [1.807, 2.05) is 0 Å². The summed E-state index contributed by atoms with van der Waals surface area (Å²) in [5.74, 6) is -0.470. The number of amides is 2. The predicted octanol–water partition coefficient (Wildman–Crippen LogP) is 0.901. The fourth-order valence-electron chi connectivity index (χ4n) is 0.995. The van der Waals surface area contributed by atoms with Crippen molar-refractivity contribution in [2.45, 2.75) is 17.9 Å². The number of carbonyl (C=O) groups excluding carboxylic acids is 2. The Kier molecular flexibility index (Phi) is 4.16. The minimum absolute atomic E-state index is 0.217. The Morgan fingerprint density at radius 1 is 1.53 bits per heavy atom. The first-order chi connectivity index (χ1) is 7.04. The number of hydrogen-bond acceptors (Lipinski definition) is 4. The van der Waals surface area contributed by atoms with Gasteiger partial charge in [-0.2, -0.15) is 0 Å². The maximum atomic E-state index is 11.6. The molecule has 0 aliphatic carbocycles. The van der Waals surface area contributed by atoms with Gasteiger partial charge in [-0.3, -0.25) is 9.59 Å². The lowest BCUT2D eigenvalue weighted by Crippen LogP contribution is -2.43.